The highest BCUT2D eigenvalue weighted by atomic mass is 35.5. The fourth-order valence-electron chi connectivity index (χ4n) is 3.58. The molecule has 4 nitrogen and oxygen atoms in total. The normalized spacial score (nSPS) is 12.2. The molecule has 0 saturated heterocycles. The molecule has 2 aromatic heterocycles. The molecule has 0 spiro atoms. The summed E-state index contributed by atoms with van der Waals surface area (Å²) in [6.45, 7) is 2.00. The van der Waals surface area contributed by atoms with E-state index in [2.05, 4.69) is 9.97 Å². The fraction of sp³-hybridized carbons (Fsp3) is 0.130. The number of halogens is 1. The second-order valence-electron chi connectivity index (χ2n) is 6.83. The van der Waals surface area contributed by atoms with Gasteiger partial charge in [0.1, 0.15) is 17.0 Å². The molecule has 0 amide bonds. The van der Waals surface area contributed by atoms with Crippen LogP contribution >= 0.6 is 11.6 Å². The lowest BCUT2D eigenvalue weighted by Crippen LogP contribution is -2.08. The van der Waals surface area contributed by atoms with Crippen LogP contribution in [0.2, 0.25) is 5.02 Å². The number of benzene rings is 2. The molecular formula is C23H19ClN2O2. The number of rotatable bonds is 4. The van der Waals surface area contributed by atoms with E-state index in [0.717, 1.165) is 16.6 Å². The Morgan fingerprint density at radius 2 is 1.82 bits per heavy atom. The van der Waals surface area contributed by atoms with E-state index in [1.165, 1.54) is 0 Å². The van der Waals surface area contributed by atoms with Gasteiger partial charge in [-0.1, -0.05) is 35.9 Å². The average molecular weight is 391 g/mol. The van der Waals surface area contributed by atoms with Crippen LogP contribution in [0.1, 0.15) is 28.3 Å². The summed E-state index contributed by atoms with van der Waals surface area (Å²) >= 11 is 6.46. The number of aromatic hydroxyl groups is 2. The van der Waals surface area contributed by atoms with Gasteiger partial charge in [0.25, 0.3) is 0 Å². The number of aryl methyl sites for hydroxylation is 1. The van der Waals surface area contributed by atoms with Crippen LogP contribution < -0.4 is 0 Å². The van der Waals surface area contributed by atoms with Gasteiger partial charge in [-0.3, -0.25) is 9.97 Å². The minimum Gasteiger partial charge on any atom is -0.508 e. The Balaban J connectivity index is 1.92. The summed E-state index contributed by atoms with van der Waals surface area (Å²) in [5, 5.41) is 22.8. The Kier molecular flexibility index (Phi) is 4.88. The zero-order valence-electron chi connectivity index (χ0n) is 15.3. The SMILES string of the molecule is Cc1ccnc(CC(c2ccc3cccnc3c2O)c2c(O)cccc2Cl)c1. The largest absolute Gasteiger partial charge is 0.508 e. The summed E-state index contributed by atoms with van der Waals surface area (Å²) in [7, 11) is 0. The van der Waals surface area contributed by atoms with E-state index in [-0.39, 0.29) is 17.4 Å². The van der Waals surface area contributed by atoms with Crippen LogP contribution in [0.5, 0.6) is 11.5 Å². The maximum Gasteiger partial charge on any atom is 0.145 e. The van der Waals surface area contributed by atoms with E-state index in [9.17, 15) is 10.2 Å². The zero-order valence-corrected chi connectivity index (χ0v) is 16.1. The van der Waals surface area contributed by atoms with Gasteiger partial charge in [-0.2, -0.15) is 0 Å². The summed E-state index contributed by atoms with van der Waals surface area (Å²) in [5.74, 6) is -0.199. The van der Waals surface area contributed by atoms with Crippen molar-refractivity contribution in [3.8, 4) is 11.5 Å². The molecule has 0 fully saturated rings. The molecule has 140 valence electrons. The molecule has 2 heterocycles. The lowest BCUT2D eigenvalue weighted by atomic mass is 9.85. The first-order chi connectivity index (χ1) is 13.5. The van der Waals surface area contributed by atoms with Gasteiger partial charge in [0, 0.05) is 52.0 Å². The van der Waals surface area contributed by atoms with Gasteiger partial charge < -0.3 is 10.2 Å². The summed E-state index contributed by atoms with van der Waals surface area (Å²) in [4.78, 5) is 8.78. The Labute approximate surface area is 168 Å². The minimum absolute atomic E-state index is 0.0886. The third-order valence-corrected chi connectivity index (χ3v) is 5.25. The highest BCUT2D eigenvalue weighted by molar-refractivity contribution is 6.31. The molecule has 2 N–H and O–H groups in total. The molecule has 0 aliphatic carbocycles. The van der Waals surface area contributed by atoms with E-state index in [1.54, 1.807) is 30.6 Å². The van der Waals surface area contributed by atoms with Crippen LogP contribution in [0.25, 0.3) is 10.9 Å². The van der Waals surface area contributed by atoms with E-state index in [4.69, 9.17) is 11.6 Å². The lowest BCUT2D eigenvalue weighted by Gasteiger charge is -2.22. The van der Waals surface area contributed by atoms with Gasteiger partial charge >= 0.3 is 0 Å². The molecule has 1 atom stereocenters. The highest BCUT2D eigenvalue weighted by Gasteiger charge is 2.25. The standard InChI is InChI=1S/C23H19ClN2O2/c1-14-9-11-25-16(12-14)13-18(21-19(24)5-2-6-20(21)27)17-8-7-15-4-3-10-26-22(15)23(17)28/h2-12,18,27-28H,13H2,1H3. The van der Waals surface area contributed by atoms with Gasteiger partial charge in [0.2, 0.25) is 0 Å². The Morgan fingerprint density at radius 3 is 2.61 bits per heavy atom. The summed E-state index contributed by atoms with van der Waals surface area (Å²) in [5.41, 5.74) is 3.69. The molecule has 2 aromatic carbocycles. The van der Waals surface area contributed by atoms with Crippen molar-refractivity contribution in [3.63, 3.8) is 0 Å². The third kappa shape index (κ3) is 3.39. The fourth-order valence-corrected chi connectivity index (χ4v) is 3.89. The lowest BCUT2D eigenvalue weighted by molar-refractivity contribution is 0.456. The van der Waals surface area contributed by atoms with E-state index < -0.39 is 0 Å². The van der Waals surface area contributed by atoms with Crippen molar-refractivity contribution in [3.05, 3.63) is 94.4 Å². The van der Waals surface area contributed by atoms with Gasteiger partial charge in [0.15, 0.2) is 0 Å². The van der Waals surface area contributed by atoms with Crippen molar-refractivity contribution in [1.29, 1.82) is 0 Å². The molecule has 4 aromatic rings. The van der Waals surface area contributed by atoms with Crippen LogP contribution in [-0.4, -0.2) is 20.2 Å². The molecule has 0 aliphatic heterocycles. The van der Waals surface area contributed by atoms with Crippen molar-refractivity contribution in [2.75, 3.05) is 0 Å². The number of aromatic nitrogens is 2. The van der Waals surface area contributed by atoms with Gasteiger partial charge in [-0.05, 0) is 42.8 Å². The van der Waals surface area contributed by atoms with Crippen molar-refractivity contribution in [2.45, 2.75) is 19.3 Å². The molecule has 5 heteroatoms. The van der Waals surface area contributed by atoms with Gasteiger partial charge in [-0.25, -0.2) is 0 Å². The highest BCUT2D eigenvalue weighted by Crippen LogP contribution is 2.43. The number of phenols is 2. The quantitative estimate of drug-likeness (QED) is 0.491. The third-order valence-electron chi connectivity index (χ3n) is 4.92. The maximum absolute atomic E-state index is 11.0. The summed E-state index contributed by atoms with van der Waals surface area (Å²) in [6.07, 6.45) is 3.89. The molecule has 4 rings (SSSR count). The van der Waals surface area contributed by atoms with Crippen LogP contribution in [0.4, 0.5) is 0 Å². The molecule has 0 aliphatic rings. The molecular weight excluding hydrogens is 372 g/mol. The predicted octanol–water partition coefficient (Wildman–Crippen LogP) is 5.38. The van der Waals surface area contributed by atoms with Crippen LogP contribution in [0.15, 0.2) is 67.0 Å². The van der Waals surface area contributed by atoms with Crippen molar-refractivity contribution in [1.82, 2.24) is 9.97 Å². The first-order valence-corrected chi connectivity index (χ1v) is 9.38. The molecule has 0 radical (unpaired) electrons. The zero-order chi connectivity index (χ0) is 19.7. The summed E-state index contributed by atoms with van der Waals surface area (Å²) in [6, 6.07) is 16.5. The van der Waals surface area contributed by atoms with Crippen molar-refractivity contribution < 1.29 is 10.2 Å². The molecule has 0 bridgehead atoms. The first-order valence-electron chi connectivity index (χ1n) is 9.00. The number of fused-ring (bicyclic) bond motifs is 1. The van der Waals surface area contributed by atoms with Crippen LogP contribution in [-0.2, 0) is 6.42 Å². The number of nitrogens with zero attached hydrogens (tertiary/aromatic N) is 2. The number of hydrogen-bond acceptors (Lipinski definition) is 4. The first kappa shape index (κ1) is 18.3. The smallest absolute Gasteiger partial charge is 0.145 e. The van der Waals surface area contributed by atoms with Crippen LogP contribution in [0.3, 0.4) is 0 Å². The second kappa shape index (κ2) is 7.49. The Bertz CT molecular complexity index is 1140. The van der Waals surface area contributed by atoms with Crippen molar-refractivity contribution in [2.24, 2.45) is 0 Å². The average Bonchev–Trinajstić information content (AvgIpc) is 2.68. The van der Waals surface area contributed by atoms with Crippen molar-refractivity contribution >= 4 is 22.5 Å². The van der Waals surface area contributed by atoms with E-state index in [1.807, 2.05) is 43.3 Å². The molecule has 0 saturated carbocycles. The minimum atomic E-state index is -0.380. The second-order valence-corrected chi connectivity index (χ2v) is 7.24. The van der Waals surface area contributed by atoms with E-state index >= 15 is 0 Å². The van der Waals surface area contributed by atoms with Crippen LogP contribution in [0, 0.1) is 6.92 Å². The Morgan fingerprint density at radius 1 is 0.964 bits per heavy atom. The number of hydrogen-bond donors (Lipinski definition) is 2. The Hall–Kier alpha value is -3.11. The molecule has 28 heavy (non-hydrogen) atoms. The van der Waals surface area contributed by atoms with E-state index in [0.29, 0.717) is 28.1 Å². The number of pyridine rings is 2. The van der Waals surface area contributed by atoms with Gasteiger partial charge in [0.05, 0.1) is 0 Å². The topological polar surface area (TPSA) is 66.2 Å². The predicted molar refractivity (Wildman–Crippen MR) is 111 cm³/mol. The number of phenolic OH excluding ortho intramolecular Hbond substituents is 2. The summed E-state index contributed by atoms with van der Waals surface area (Å²) < 4.78 is 0. The maximum atomic E-state index is 11.0. The van der Waals surface area contributed by atoms with Gasteiger partial charge in [-0.15, -0.1) is 0 Å². The monoisotopic (exact) mass is 390 g/mol. The molecule has 1 unspecified atom stereocenters.